The first-order valence-corrected chi connectivity index (χ1v) is 12.0. The van der Waals surface area contributed by atoms with Gasteiger partial charge in [-0.3, -0.25) is 10.0 Å². The van der Waals surface area contributed by atoms with Gasteiger partial charge in [-0.1, -0.05) is 42.0 Å². The number of benzene rings is 1. The largest absolute Gasteiger partial charge is 0.444 e. The normalized spacial score (nSPS) is 16.3. The van der Waals surface area contributed by atoms with Gasteiger partial charge in [0.05, 0.1) is 5.71 Å². The molecule has 0 saturated carbocycles. The minimum absolute atomic E-state index is 0.275. The van der Waals surface area contributed by atoms with Crippen LogP contribution in [0.3, 0.4) is 0 Å². The number of allylic oxidation sites excluding steroid dienone is 3. The molecular weight excluding hydrogens is 450 g/mol. The van der Waals surface area contributed by atoms with Gasteiger partial charge in [-0.05, 0) is 40.7 Å². The average Bonchev–Trinajstić information content (AvgIpc) is 2.79. The van der Waals surface area contributed by atoms with Gasteiger partial charge in [-0.2, -0.15) is 5.10 Å². The van der Waals surface area contributed by atoms with E-state index in [1.54, 1.807) is 11.9 Å². The lowest BCUT2D eigenvalue weighted by Crippen LogP contribution is -2.51. The van der Waals surface area contributed by atoms with Crippen LogP contribution in [0.25, 0.3) is 0 Å². The van der Waals surface area contributed by atoms with Gasteiger partial charge in [0.2, 0.25) is 0 Å². The standard InChI is InChI=1S/C26H38ClN5O2/c1-8-9-14-23(21-12-10-11-13-22(21)27)29-30(7)24(19-20(2)28-6)31-15-17-32(18-16-31)25(33)34-26(3,4)5/h8-13,19H,14-18H2,1-7H3/b9-8+,24-19+,28-20?,29-23+. The number of rotatable bonds is 7. The summed E-state index contributed by atoms with van der Waals surface area (Å²) < 4.78 is 5.54. The number of nitrogens with zero attached hydrogens (tertiary/aromatic N) is 5. The smallest absolute Gasteiger partial charge is 0.410 e. The Hall–Kier alpha value is -2.80. The molecule has 0 aliphatic carbocycles. The van der Waals surface area contributed by atoms with Crippen LogP contribution >= 0.6 is 11.6 Å². The van der Waals surface area contributed by atoms with Crippen LogP contribution in [0.4, 0.5) is 4.79 Å². The average molecular weight is 488 g/mol. The first kappa shape index (κ1) is 27.4. The van der Waals surface area contributed by atoms with E-state index in [-0.39, 0.29) is 6.09 Å². The predicted molar refractivity (Wildman–Crippen MR) is 142 cm³/mol. The van der Waals surface area contributed by atoms with Crippen molar-refractivity contribution in [1.29, 1.82) is 0 Å². The lowest BCUT2D eigenvalue weighted by atomic mass is 10.1. The first-order chi connectivity index (χ1) is 16.1. The van der Waals surface area contributed by atoms with E-state index in [4.69, 9.17) is 21.4 Å². The number of hydrogen-bond acceptors (Lipinski definition) is 6. The monoisotopic (exact) mass is 487 g/mol. The minimum Gasteiger partial charge on any atom is -0.444 e. The first-order valence-electron chi connectivity index (χ1n) is 11.6. The summed E-state index contributed by atoms with van der Waals surface area (Å²) >= 11 is 6.49. The number of piperazine rings is 1. The molecule has 34 heavy (non-hydrogen) atoms. The molecule has 186 valence electrons. The molecule has 8 heteroatoms. The molecule has 1 amide bonds. The Kier molecular flexibility index (Phi) is 10.2. The van der Waals surface area contributed by atoms with Crippen LogP contribution in [0.2, 0.25) is 5.02 Å². The van der Waals surface area contributed by atoms with E-state index in [0.717, 1.165) is 22.8 Å². The van der Waals surface area contributed by atoms with E-state index in [9.17, 15) is 4.79 Å². The van der Waals surface area contributed by atoms with E-state index in [1.165, 1.54) is 0 Å². The number of halogens is 1. The minimum atomic E-state index is -0.509. The molecule has 0 radical (unpaired) electrons. The van der Waals surface area contributed by atoms with Gasteiger partial charge < -0.3 is 14.5 Å². The van der Waals surface area contributed by atoms with Crippen molar-refractivity contribution >= 4 is 29.1 Å². The number of hydrazone groups is 1. The number of carbonyl (C=O) groups is 1. The fourth-order valence-electron chi connectivity index (χ4n) is 3.45. The molecule has 1 aliphatic heterocycles. The van der Waals surface area contributed by atoms with Crippen LogP contribution in [0.15, 0.2) is 58.4 Å². The number of hydrogen-bond donors (Lipinski definition) is 0. The molecular formula is C26H38ClN5O2. The second-order valence-corrected chi connectivity index (χ2v) is 9.55. The predicted octanol–water partition coefficient (Wildman–Crippen LogP) is 5.43. The van der Waals surface area contributed by atoms with Crippen molar-refractivity contribution in [3.05, 3.63) is 58.9 Å². The highest BCUT2D eigenvalue weighted by molar-refractivity contribution is 6.34. The Morgan fingerprint density at radius 1 is 1.18 bits per heavy atom. The van der Waals surface area contributed by atoms with E-state index in [2.05, 4.69) is 16.0 Å². The van der Waals surface area contributed by atoms with Gasteiger partial charge in [0.25, 0.3) is 0 Å². The van der Waals surface area contributed by atoms with Crippen LogP contribution < -0.4 is 0 Å². The Balaban J connectivity index is 2.30. The van der Waals surface area contributed by atoms with Crippen molar-refractivity contribution in [2.45, 2.75) is 46.6 Å². The van der Waals surface area contributed by atoms with Gasteiger partial charge in [0.15, 0.2) is 0 Å². The molecule has 1 fully saturated rings. The fourth-order valence-corrected chi connectivity index (χ4v) is 3.69. The van der Waals surface area contributed by atoms with Crippen molar-refractivity contribution in [3.8, 4) is 0 Å². The lowest BCUT2D eigenvalue weighted by Gasteiger charge is -2.39. The lowest BCUT2D eigenvalue weighted by molar-refractivity contribution is 0.0151. The van der Waals surface area contributed by atoms with Crippen molar-refractivity contribution < 1.29 is 9.53 Å². The molecule has 0 aromatic heterocycles. The molecule has 1 aromatic carbocycles. The van der Waals surface area contributed by atoms with Gasteiger partial charge in [-0.25, -0.2) is 4.79 Å². The van der Waals surface area contributed by atoms with Gasteiger partial charge in [0.1, 0.15) is 11.4 Å². The maximum absolute atomic E-state index is 12.5. The number of aliphatic imine (C=N–C) groups is 1. The summed E-state index contributed by atoms with van der Waals surface area (Å²) in [6.45, 7) is 12.1. The Morgan fingerprint density at radius 3 is 2.35 bits per heavy atom. The third-order valence-corrected chi connectivity index (χ3v) is 5.61. The summed E-state index contributed by atoms with van der Waals surface area (Å²) in [6, 6.07) is 7.75. The molecule has 0 spiro atoms. The molecule has 0 bridgehead atoms. The second-order valence-electron chi connectivity index (χ2n) is 9.15. The van der Waals surface area contributed by atoms with Crippen molar-refractivity contribution in [1.82, 2.24) is 14.8 Å². The number of carbonyl (C=O) groups excluding carboxylic acids is 1. The van der Waals surface area contributed by atoms with Crippen molar-refractivity contribution in [2.24, 2.45) is 10.1 Å². The summed E-state index contributed by atoms with van der Waals surface area (Å²) in [5.41, 5.74) is 2.16. The second kappa shape index (κ2) is 12.6. The molecule has 7 nitrogen and oxygen atoms in total. The Morgan fingerprint density at radius 2 is 1.79 bits per heavy atom. The van der Waals surface area contributed by atoms with Crippen molar-refractivity contribution in [2.75, 3.05) is 40.3 Å². The third kappa shape index (κ3) is 8.20. The third-order valence-electron chi connectivity index (χ3n) is 5.28. The van der Waals surface area contributed by atoms with Crippen LogP contribution in [0.5, 0.6) is 0 Å². The van der Waals surface area contributed by atoms with E-state index >= 15 is 0 Å². The summed E-state index contributed by atoms with van der Waals surface area (Å²) in [4.78, 5) is 20.8. The SMILES string of the molecule is C/C=C/C/C(=N\N(C)/C(=C\C(C)=NC)N1CCN(C(=O)OC(C)(C)C)CC1)c1ccccc1Cl. The Labute approximate surface area is 209 Å². The summed E-state index contributed by atoms with van der Waals surface area (Å²) in [5.74, 6) is 0.914. The number of amides is 1. The molecule has 1 aliphatic rings. The quantitative estimate of drug-likeness (QED) is 0.292. The maximum Gasteiger partial charge on any atom is 0.410 e. The molecule has 0 unspecified atom stereocenters. The van der Waals surface area contributed by atoms with Gasteiger partial charge in [0, 0.05) is 69.1 Å². The van der Waals surface area contributed by atoms with Crippen LogP contribution in [-0.2, 0) is 4.74 Å². The summed E-state index contributed by atoms with van der Waals surface area (Å²) in [7, 11) is 3.70. The van der Waals surface area contributed by atoms with Crippen LogP contribution in [0, 0.1) is 0 Å². The number of ether oxygens (including phenoxy) is 1. The summed E-state index contributed by atoms with van der Waals surface area (Å²) in [6.07, 6.45) is 6.48. The highest BCUT2D eigenvalue weighted by Gasteiger charge is 2.27. The van der Waals surface area contributed by atoms with Crippen LogP contribution in [-0.4, -0.2) is 78.2 Å². The topological polar surface area (TPSA) is 60.7 Å². The van der Waals surface area contributed by atoms with Crippen molar-refractivity contribution in [3.63, 3.8) is 0 Å². The highest BCUT2D eigenvalue weighted by Crippen LogP contribution is 2.21. The zero-order valence-electron chi connectivity index (χ0n) is 21.5. The molecule has 0 N–H and O–H groups in total. The molecule has 1 saturated heterocycles. The zero-order chi connectivity index (χ0) is 25.3. The van der Waals surface area contributed by atoms with E-state index in [0.29, 0.717) is 37.6 Å². The van der Waals surface area contributed by atoms with Crippen LogP contribution in [0.1, 0.15) is 46.6 Å². The maximum atomic E-state index is 12.5. The Bertz CT molecular complexity index is 954. The molecule has 1 heterocycles. The van der Waals surface area contributed by atoms with E-state index in [1.807, 2.05) is 83.1 Å². The van der Waals surface area contributed by atoms with Gasteiger partial charge in [-0.15, -0.1) is 0 Å². The van der Waals surface area contributed by atoms with E-state index < -0.39 is 5.60 Å². The molecule has 1 aromatic rings. The van der Waals surface area contributed by atoms with Gasteiger partial charge >= 0.3 is 6.09 Å². The molecule has 2 rings (SSSR count). The summed E-state index contributed by atoms with van der Waals surface area (Å²) in [5, 5.41) is 7.50. The molecule has 0 atom stereocenters. The zero-order valence-corrected chi connectivity index (χ0v) is 22.3. The highest BCUT2D eigenvalue weighted by atomic mass is 35.5. The fraction of sp³-hybridized carbons (Fsp3) is 0.500.